The molecule has 1 saturated heterocycles. The Labute approximate surface area is 125 Å². The summed E-state index contributed by atoms with van der Waals surface area (Å²) >= 11 is 5.85. The van der Waals surface area contributed by atoms with E-state index in [1.165, 1.54) is 4.31 Å². The number of hydrogen-bond donors (Lipinski definition) is 0. The largest absolute Gasteiger partial charge is 0.491 e. The summed E-state index contributed by atoms with van der Waals surface area (Å²) in [6.45, 7) is 4.41. The number of hydrogen-bond acceptors (Lipinski definition) is 3. The Hall–Kier alpha value is -0.780. The van der Waals surface area contributed by atoms with Crippen molar-refractivity contribution in [3.63, 3.8) is 0 Å². The molecule has 1 heterocycles. The van der Waals surface area contributed by atoms with E-state index < -0.39 is 10.0 Å². The highest BCUT2D eigenvalue weighted by atomic mass is 35.5. The second kappa shape index (κ2) is 6.33. The van der Waals surface area contributed by atoms with Gasteiger partial charge in [0.05, 0.1) is 11.0 Å². The first kappa shape index (κ1) is 15.6. The molecule has 0 spiro atoms. The quantitative estimate of drug-likeness (QED) is 0.785. The van der Waals surface area contributed by atoms with Gasteiger partial charge < -0.3 is 4.74 Å². The van der Waals surface area contributed by atoms with Gasteiger partial charge in [0, 0.05) is 18.5 Å². The van der Waals surface area contributed by atoms with Crippen LogP contribution in [-0.4, -0.2) is 37.3 Å². The molecule has 1 aliphatic heterocycles. The zero-order valence-electron chi connectivity index (χ0n) is 11.8. The van der Waals surface area contributed by atoms with Crippen LogP contribution in [0.3, 0.4) is 0 Å². The molecule has 0 unspecified atom stereocenters. The summed E-state index contributed by atoms with van der Waals surface area (Å²) in [7, 11) is -3.45. The van der Waals surface area contributed by atoms with Crippen LogP contribution in [0, 0.1) is 0 Å². The lowest BCUT2D eigenvalue weighted by atomic mass is 10.3. The summed E-state index contributed by atoms with van der Waals surface area (Å²) in [5.74, 6) is 1.02. The molecule has 0 aliphatic carbocycles. The molecule has 0 N–H and O–H groups in total. The summed E-state index contributed by atoms with van der Waals surface area (Å²) in [4.78, 5) is 0.297. The molecule has 0 bridgehead atoms. The number of nitrogens with zero attached hydrogens (tertiary/aromatic N) is 1. The minimum absolute atomic E-state index is 0.0664. The zero-order valence-corrected chi connectivity index (χ0v) is 13.3. The van der Waals surface area contributed by atoms with Crippen LogP contribution in [0.1, 0.15) is 26.7 Å². The molecule has 112 valence electrons. The van der Waals surface area contributed by atoms with E-state index in [-0.39, 0.29) is 12.1 Å². The van der Waals surface area contributed by atoms with Crippen LogP contribution in [0.2, 0.25) is 0 Å². The van der Waals surface area contributed by atoms with E-state index in [1.807, 2.05) is 13.8 Å². The van der Waals surface area contributed by atoms with Crippen LogP contribution in [0.15, 0.2) is 29.2 Å². The lowest BCUT2D eigenvalue weighted by Crippen LogP contribution is -2.36. The van der Waals surface area contributed by atoms with Gasteiger partial charge in [0.2, 0.25) is 10.0 Å². The maximum atomic E-state index is 12.6. The van der Waals surface area contributed by atoms with Crippen LogP contribution in [-0.2, 0) is 10.0 Å². The van der Waals surface area contributed by atoms with Gasteiger partial charge in [0.25, 0.3) is 0 Å². The maximum absolute atomic E-state index is 12.6. The summed E-state index contributed by atoms with van der Waals surface area (Å²) < 4.78 is 32.2. The van der Waals surface area contributed by atoms with E-state index in [4.69, 9.17) is 16.3 Å². The Balaban J connectivity index is 2.21. The molecule has 6 heteroatoms. The Morgan fingerprint density at radius 3 is 2.55 bits per heavy atom. The number of benzene rings is 1. The number of alkyl halides is 1. The number of sulfonamides is 1. The van der Waals surface area contributed by atoms with E-state index in [9.17, 15) is 8.42 Å². The third-order valence-electron chi connectivity index (χ3n) is 3.30. The van der Waals surface area contributed by atoms with E-state index >= 15 is 0 Å². The molecular formula is C14H20ClNO3S. The molecule has 1 aromatic rings. The Morgan fingerprint density at radius 2 is 2.00 bits per heavy atom. The second-order valence-corrected chi connectivity index (χ2v) is 7.40. The Morgan fingerprint density at radius 1 is 1.35 bits per heavy atom. The fourth-order valence-electron chi connectivity index (χ4n) is 2.38. The molecule has 1 atom stereocenters. The first-order chi connectivity index (χ1) is 9.45. The molecule has 1 aliphatic rings. The van der Waals surface area contributed by atoms with Crippen LogP contribution in [0.5, 0.6) is 5.75 Å². The van der Waals surface area contributed by atoms with Crippen molar-refractivity contribution in [3.05, 3.63) is 24.3 Å². The summed E-state index contributed by atoms with van der Waals surface area (Å²) in [5, 5.41) is 0. The minimum atomic E-state index is -3.45. The molecule has 0 amide bonds. The van der Waals surface area contributed by atoms with Gasteiger partial charge in [0.15, 0.2) is 0 Å². The average Bonchev–Trinajstić information content (AvgIpc) is 2.87. The van der Waals surface area contributed by atoms with Crippen LogP contribution in [0.4, 0.5) is 0 Å². The smallest absolute Gasteiger partial charge is 0.243 e. The van der Waals surface area contributed by atoms with Crippen molar-refractivity contribution in [2.45, 2.75) is 43.7 Å². The molecule has 2 rings (SSSR count). The van der Waals surface area contributed by atoms with Crippen molar-refractivity contribution < 1.29 is 13.2 Å². The third kappa shape index (κ3) is 3.27. The van der Waals surface area contributed by atoms with E-state index in [2.05, 4.69) is 0 Å². The van der Waals surface area contributed by atoms with Crippen molar-refractivity contribution in [2.75, 3.05) is 12.4 Å². The van der Waals surface area contributed by atoms with E-state index in [0.717, 1.165) is 12.8 Å². The normalized spacial score (nSPS) is 20.5. The Kier molecular flexibility index (Phi) is 4.94. The minimum Gasteiger partial charge on any atom is -0.491 e. The fourth-order valence-corrected chi connectivity index (χ4v) is 4.47. The van der Waals surface area contributed by atoms with Crippen LogP contribution in [0.25, 0.3) is 0 Å². The van der Waals surface area contributed by atoms with Crippen molar-refractivity contribution >= 4 is 21.6 Å². The Bertz CT molecular complexity index is 542. The average molecular weight is 318 g/mol. The number of ether oxygens (including phenoxy) is 1. The first-order valence-electron chi connectivity index (χ1n) is 6.79. The maximum Gasteiger partial charge on any atom is 0.243 e. The van der Waals surface area contributed by atoms with E-state index in [1.54, 1.807) is 24.3 Å². The zero-order chi connectivity index (χ0) is 14.8. The lowest BCUT2D eigenvalue weighted by molar-refractivity contribution is 0.242. The topological polar surface area (TPSA) is 46.6 Å². The molecule has 1 fully saturated rings. The molecule has 0 radical (unpaired) electrons. The highest BCUT2D eigenvalue weighted by Gasteiger charge is 2.34. The van der Waals surface area contributed by atoms with Crippen molar-refractivity contribution in [1.82, 2.24) is 4.31 Å². The van der Waals surface area contributed by atoms with Crippen molar-refractivity contribution in [2.24, 2.45) is 0 Å². The molecule has 0 saturated carbocycles. The highest BCUT2D eigenvalue weighted by molar-refractivity contribution is 7.89. The second-order valence-electron chi connectivity index (χ2n) is 5.20. The fraction of sp³-hybridized carbons (Fsp3) is 0.571. The van der Waals surface area contributed by atoms with Crippen molar-refractivity contribution in [1.29, 1.82) is 0 Å². The standard InChI is InChI=1S/C14H20ClNO3S/c1-11(2)19-13-5-7-14(8-6-13)20(17,18)16-9-3-4-12(16)10-15/h5-8,11-12H,3-4,9-10H2,1-2H3/t12-/m0/s1. The third-order valence-corrected chi connectivity index (χ3v) is 5.63. The van der Waals surface area contributed by atoms with Crippen LogP contribution >= 0.6 is 11.6 Å². The molecule has 0 aromatic heterocycles. The summed E-state index contributed by atoms with van der Waals surface area (Å²) in [5.41, 5.74) is 0. The summed E-state index contributed by atoms with van der Waals surface area (Å²) in [6.07, 6.45) is 1.76. The van der Waals surface area contributed by atoms with Gasteiger partial charge in [-0.3, -0.25) is 0 Å². The number of rotatable bonds is 5. The number of halogens is 1. The van der Waals surface area contributed by atoms with E-state index in [0.29, 0.717) is 23.1 Å². The lowest BCUT2D eigenvalue weighted by Gasteiger charge is -2.22. The van der Waals surface area contributed by atoms with Gasteiger partial charge in [-0.15, -0.1) is 11.6 Å². The molecule has 1 aromatic carbocycles. The van der Waals surface area contributed by atoms with Gasteiger partial charge >= 0.3 is 0 Å². The highest BCUT2D eigenvalue weighted by Crippen LogP contribution is 2.27. The predicted molar refractivity (Wildman–Crippen MR) is 79.8 cm³/mol. The van der Waals surface area contributed by atoms with Gasteiger partial charge in [-0.25, -0.2) is 8.42 Å². The first-order valence-corrected chi connectivity index (χ1v) is 8.77. The van der Waals surface area contributed by atoms with Gasteiger partial charge in [0.1, 0.15) is 5.75 Å². The SMILES string of the molecule is CC(C)Oc1ccc(S(=O)(=O)N2CCC[C@H]2CCl)cc1. The predicted octanol–water partition coefficient (Wildman–Crippen LogP) is 2.87. The van der Waals surface area contributed by atoms with Gasteiger partial charge in [-0.05, 0) is 51.0 Å². The van der Waals surface area contributed by atoms with Gasteiger partial charge in [-0.2, -0.15) is 4.31 Å². The molecule has 4 nitrogen and oxygen atoms in total. The molecular weight excluding hydrogens is 298 g/mol. The van der Waals surface area contributed by atoms with Crippen molar-refractivity contribution in [3.8, 4) is 5.75 Å². The monoisotopic (exact) mass is 317 g/mol. The van der Waals surface area contributed by atoms with Gasteiger partial charge in [-0.1, -0.05) is 0 Å². The van der Waals surface area contributed by atoms with Crippen LogP contribution < -0.4 is 4.74 Å². The molecule has 20 heavy (non-hydrogen) atoms. The summed E-state index contributed by atoms with van der Waals surface area (Å²) in [6, 6.07) is 6.48.